The lowest BCUT2D eigenvalue weighted by Crippen LogP contribution is -2.32. The van der Waals surface area contributed by atoms with E-state index in [0.29, 0.717) is 0 Å². The van der Waals surface area contributed by atoms with Gasteiger partial charge in [-0.1, -0.05) is 12.8 Å². The number of rotatable bonds is 5. The van der Waals surface area contributed by atoms with E-state index < -0.39 is 0 Å². The zero-order valence-electron chi connectivity index (χ0n) is 12.0. The summed E-state index contributed by atoms with van der Waals surface area (Å²) in [6.45, 7) is 0.785. The molecule has 106 valence electrons. The first-order valence-corrected chi connectivity index (χ1v) is 10.4. The first-order chi connectivity index (χ1) is 9.20. The van der Waals surface area contributed by atoms with E-state index in [4.69, 9.17) is 5.73 Å². The lowest BCUT2D eigenvalue weighted by Gasteiger charge is -2.29. The molecule has 4 heteroatoms. The highest BCUT2D eigenvalue weighted by Crippen LogP contribution is 2.45. The summed E-state index contributed by atoms with van der Waals surface area (Å²) >= 11 is 5.57. The number of benzene rings is 1. The van der Waals surface area contributed by atoms with Crippen molar-refractivity contribution in [3.63, 3.8) is 0 Å². The molecule has 0 unspecified atom stereocenters. The van der Waals surface area contributed by atoms with E-state index >= 15 is 0 Å². The van der Waals surface area contributed by atoms with Gasteiger partial charge in [0, 0.05) is 26.6 Å². The van der Waals surface area contributed by atoms with Crippen LogP contribution < -0.4 is 5.73 Å². The lowest BCUT2D eigenvalue weighted by atomic mass is 9.79. The Labute approximate surface area is 129 Å². The minimum absolute atomic E-state index is 0.242. The van der Waals surface area contributed by atoms with Gasteiger partial charge in [0.2, 0.25) is 0 Å². The molecular weight excluding hydrogens is 290 g/mol. The van der Waals surface area contributed by atoms with Crippen LogP contribution in [-0.2, 0) is 5.41 Å². The average Bonchev–Trinajstić information content (AvgIpc) is 2.95. The van der Waals surface area contributed by atoms with Crippen LogP contribution in [0.5, 0.6) is 0 Å². The second-order valence-corrected chi connectivity index (χ2v) is 7.62. The maximum atomic E-state index is 6.14. The number of thioether (sulfide) groups is 3. The Morgan fingerprint density at radius 3 is 1.89 bits per heavy atom. The van der Waals surface area contributed by atoms with Gasteiger partial charge in [-0.05, 0) is 49.3 Å². The van der Waals surface area contributed by atoms with E-state index in [0.717, 1.165) is 6.54 Å². The normalized spacial score (nSPS) is 17.9. The van der Waals surface area contributed by atoms with Crippen LogP contribution in [0.3, 0.4) is 0 Å². The van der Waals surface area contributed by atoms with Crippen LogP contribution >= 0.6 is 35.3 Å². The molecule has 1 fully saturated rings. The van der Waals surface area contributed by atoms with Gasteiger partial charge in [-0.3, -0.25) is 0 Å². The molecule has 1 aromatic rings. The molecule has 0 saturated heterocycles. The average molecular weight is 314 g/mol. The third-order valence-electron chi connectivity index (χ3n) is 4.23. The Hall–Kier alpha value is 0.230. The molecule has 1 nitrogen and oxygen atoms in total. The summed E-state index contributed by atoms with van der Waals surface area (Å²) < 4.78 is 0. The summed E-state index contributed by atoms with van der Waals surface area (Å²) in [5.41, 5.74) is 7.85. The van der Waals surface area contributed by atoms with Crippen LogP contribution in [-0.4, -0.2) is 25.3 Å². The summed E-state index contributed by atoms with van der Waals surface area (Å²) in [6.07, 6.45) is 11.7. The number of nitrogens with two attached hydrogens (primary N) is 1. The zero-order chi connectivity index (χ0) is 13.9. The Kier molecular flexibility index (Phi) is 5.58. The van der Waals surface area contributed by atoms with Crippen molar-refractivity contribution < 1.29 is 0 Å². The van der Waals surface area contributed by atoms with Gasteiger partial charge >= 0.3 is 0 Å². The molecule has 1 saturated carbocycles. The predicted molar refractivity (Wildman–Crippen MR) is 91.0 cm³/mol. The first kappa shape index (κ1) is 15.6. The lowest BCUT2D eigenvalue weighted by molar-refractivity contribution is 0.450. The third kappa shape index (κ3) is 2.97. The Balaban J connectivity index is 2.52. The monoisotopic (exact) mass is 313 g/mol. The molecule has 0 aromatic heterocycles. The van der Waals surface area contributed by atoms with Crippen molar-refractivity contribution in [3.05, 3.63) is 17.7 Å². The quantitative estimate of drug-likeness (QED) is 0.802. The van der Waals surface area contributed by atoms with Crippen molar-refractivity contribution >= 4 is 35.3 Å². The van der Waals surface area contributed by atoms with Gasteiger partial charge in [0.1, 0.15) is 0 Å². The van der Waals surface area contributed by atoms with Gasteiger partial charge in [-0.15, -0.1) is 35.3 Å². The molecule has 0 spiro atoms. The number of hydrogen-bond donors (Lipinski definition) is 1. The molecule has 1 aromatic carbocycles. The third-order valence-corrected chi connectivity index (χ3v) is 6.86. The van der Waals surface area contributed by atoms with Crippen molar-refractivity contribution in [2.45, 2.75) is 45.8 Å². The van der Waals surface area contributed by atoms with Crippen LogP contribution in [0.1, 0.15) is 31.2 Å². The van der Waals surface area contributed by atoms with E-state index in [2.05, 4.69) is 30.9 Å². The van der Waals surface area contributed by atoms with E-state index in [1.807, 2.05) is 35.3 Å². The van der Waals surface area contributed by atoms with E-state index in [1.54, 1.807) is 0 Å². The molecule has 0 heterocycles. The fourth-order valence-corrected chi connectivity index (χ4v) is 5.71. The van der Waals surface area contributed by atoms with Gasteiger partial charge in [0.15, 0.2) is 0 Å². The molecule has 1 aliphatic rings. The van der Waals surface area contributed by atoms with Crippen molar-refractivity contribution in [1.82, 2.24) is 0 Å². The Bertz CT molecular complexity index is 414. The van der Waals surface area contributed by atoms with Crippen molar-refractivity contribution in [2.75, 3.05) is 25.3 Å². The van der Waals surface area contributed by atoms with E-state index in [1.165, 1.54) is 45.9 Å². The van der Waals surface area contributed by atoms with Gasteiger partial charge in [0.25, 0.3) is 0 Å². The molecule has 19 heavy (non-hydrogen) atoms. The highest BCUT2D eigenvalue weighted by molar-refractivity contribution is 8.03. The summed E-state index contributed by atoms with van der Waals surface area (Å²) in [4.78, 5) is 4.25. The first-order valence-electron chi connectivity index (χ1n) is 6.71. The van der Waals surface area contributed by atoms with Gasteiger partial charge in [-0.25, -0.2) is 0 Å². The molecule has 0 aliphatic heterocycles. The van der Waals surface area contributed by atoms with Crippen LogP contribution in [0, 0.1) is 0 Å². The molecule has 0 amide bonds. The fraction of sp³-hybridized carbons (Fsp3) is 0.600. The Morgan fingerprint density at radius 2 is 1.53 bits per heavy atom. The molecule has 2 rings (SSSR count). The summed E-state index contributed by atoms with van der Waals surface area (Å²) in [7, 11) is 0. The minimum atomic E-state index is 0.242. The smallest absolute Gasteiger partial charge is 0.0341 e. The number of hydrogen-bond acceptors (Lipinski definition) is 4. The van der Waals surface area contributed by atoms with Crippen molar-refractivity contribution in [3.8, 4) is 0 Å². The van der Waals surface area contributed by atoms with E-state index in [-0.39, 0.29) is 5.41 Å². The van der Waals surface area contributed by atoms with Gasteiger partial charge in [-0.2, -0.15) is 0 Å². The topological polar surface area (TPSA) is 26.0 Å². The maximum absolute atomic E-state index is 6.14. The van der Waals surface area contributed by atoms with E-state index in [9.17, 15) is 0 Å². The van der Waals surface area contributed by atoms with Gasteiger partial charge < -0.3 is 5.73 Å². The summed E-state index contributed by atoms with van der Waals surface area (Å²) in [5.74, 6) is 0. The van der Waals surface area contributed by atoms with Crippen molar-refractivity contribution in [1.29, 1.82) is 0 Å². The van der Waals surface area contributed by atoms with Crippen LogP contribution in [0.4, 0.5) is 0 Å². The second kappa shape index (κ2) is 6.79. The van der Waals surface area contributed by atoms with Crippen LogP contribution in [0.15, 0.2) is 26.8 Å². The van der Waals surface area contributed by atoms with Crippen LogP contribution in [0.2, 0.25) is 0 Å². The SMILES string of the molecule is CSc1cc(C2(CN)CCCC2)cc(SC)c1SC. The highest BCUT2D eigenvalue weighted by atomic mass is 32.2. The summed E-state index contributed by atoms with van der Waals surface area (Å²) in [5, 5.41) is 0. The molecule has 0 atom stereocenters. The molecule has 0 bridgehead atoms. The standard InChI is InChI=1S/C15H23NS3/c1-17-12-8-11(9-13(18-2)14(12)19-3)15(10-16)6-4-5-7-15/h8-9H,4-7,10,16H2,1-3H3. The van der Waals surface area contributed by atoms with Crippen molar-refractivity contribution in [2.24, 2.45) is 5.73 Å². The van der Waals surface area contributed by atoms with Gasteiger partial charge in [0.05, 0.1) is 0 Å². The fourth-order valence-electron chi connectivity index (χ4n) is 3.05. The molecule has 1 aliphatic carbocycles. The maximum Gasteiger partial charge on any atom is 0.0341 e. The molecule has 2 N–H and O–H groups in total. The van der Waals surface area contributed by atoms with Crippen LogP contribution in [0.25, 0.3) is 0 Å². The highest BCUT2D eigenvalue weighted by Gasteiger charge is 2.35. The zero-order valence-corrected chi connectivity index (χ0v) is 14.4. The molecule has 0 radical (unpaired) electrons. The summed E-state index contributed by atoms with van der Waals surface area (Å²) in [6, 6.07) is 4.79. The minimum Gasteiger partial charge on any atom is -0.330 e. The second-order valence-electron chi connectivity index (χ2n) is 5.11. The largest absolute Gasteiger partial charge is 0.330 e. The predicted octanol–water partition coefficient (Wildman–Crippen LogP) is 4.62. The Morgan fingerprint density at radius 1 is 1.00 bits per heavy atom. The molecular formula is C15H23NS3.